The summed E-state index contributed by atoms with van der Waals surface area (Å²) in [6.07, 6.45) is 5.12. The Morgan fingerprint density at radius 2 is 1.81 bits per heavy atom. The van der Waals surface area contributed by atoms with E-state index in [-0.39, 0.29) is 10.6 Å². The molecular formula is C22H28N2O6S. The van der Waals surface area contributed by atoms with Crippen molar-refractivity contribution in [2.45, 2.75) is 37.5 Å². The summed E-state index contributed by atoms with van der Waals surface area (Å²) in [6, 6.07) is 11.1. The second-order valence-corrected chi connectivity index (χ2v) is 8.27. The highest BCUT2D eigenvalue weighted by Gasteiger charge is 2.20. The van der Waals surface area contributed by atoms with Crippen molar-refractivity contribution in [3.8, 4) is 17.2 Å². The predicted molar refractivity (Wildman–Crippen MR) is 119 cm³/mol. The van der Waals surface area contributed by atoms with Gasteiger partial charge in [-0.2, -0.15) is 18.4 Å². The number of ketones is 1. The molecule has 0 atom stereocenters. The first-order valence-electron chi connectivity index (χ1n) is 9.96. The molecular weight excluding hydrogens is 420 g/mol. The van der Waals surface area contributed by atoms with E-state index in [2.05, 4.69) is 12.0 Å². The van der Waals surface area contributed by atoms with Crippen LogP contribution in [0.15, 0.2) is 52.5 Å². The lowest BCUT2D eigenvalue weighted by Crippen LogP contribution is -2.20. The predicted octanol–water partition coefficient (Wildman–Crippen LogP) is 3.81. The first-order chi connectivity index (χ1) is 14.9. The van der Waals surface area contributed by atoms with Gasteiger partial charge in [-0.25, -0.2) is 0 Å². The fourth-order valence-corrected chi connectivity index (χ4v) is 3.75. The monoisotopic (exact) mass is 448 g/mol. The van der Waals surface area contributed by atoms with Crippen molar-refractivity contribution < 1.29 is 27.4 Å². The zero-order valence-corrected chi connectivity index (χ0v) is 18.8. The third-order valence-corrected chi connectivity index (χ3v) is 5.67. The zero-order chi connectivity index (χ0) is 22.7. The number of ether oxygens (including phenoxy) is 3. The van der Waals surface area contributed by atoms with Crippen LogP contribution in [0.2, 0.25) is 0 Å². The third-order valence-electron chi connectivity index (χ3n) is 4.42. The Kier molecular flexibility index (Phi) is 9.33. The lowest BCUT2D eigenvalue weighted by atomic mass is 10.1. The maximum Gasteiger partial charge on any atom is 0.280 e. The Hall–Kier alpha value is -3.07. The van der Waals surface area contributed by atoms with Crippen LogP contribution in [0, 0.1) is 0 Å². The standard InChI is InChI=1S/C22H28N2O6S/c1-4-5-6-9-14-30-20-11-8-7-10-18(20)19(25)16-23-24-31(26,27)22-15-17(28-2)12-13-21(22)29-3/h7-8,10-13,15-16,24H,4-6,9,14H2,1-3H3/b23-16+. The number of carbonyl (C=O) groups is 1. The topological polar surface area (TPSA) is 103 Å². The third kappa shape index (κ3) is 6.99. The zero-order valence-electron chi connectivity index (χ0n) is 18.0. The Balaban J connectivity index is 2.09. The molecule has 31 heavy (non-hydrogen) atoms. The van der Waals surface area contributed by atoms with Crippen molar-refractivity contribution >= 4 is 22.0 Å². The highest BCUT2D eigenvalue weighted by atomic mass is 32.2. The molecule has 0 aliphatic rings. The van der Waals surface area contributed by atoms with Crippen molar-refractivity contribution in [2.75, 3.05) is 20.8 Å². The number of unbranched alkanes of at least 4 members (excludes halogenated alkanes) is 3. The highest BCUT2D eigenvalue weighted by Crippen LogP contribution is 2.28. The average molecular weight is 449 g/mol. The number of benzene rings is 2. The summed E-state index contributed by atoms with van der Waals surface area (Å²) in [5, 5.41) is 3.62. The minimum absolute atomic E-state index is 0.122. The molecule has 0 unspecified atom stereocenters. The molecule has 0 saturated carbocycles. The quantitative estimate of drug-likeness (QED) is 0.216. The van der Waals surface area contributed by atoms with Crippen LogP contribution in [0.4, 0.5) is 0 Å². The van der Waals surface area contributed by atoms with Crippen molar-refractivity contribution in [1.82, 2.24) is 4.83 Å². The van der Waals surface area contributed by atoms with Gasteiger partial charge in [0.05, 0.1) is 32.6 Å². The number of hydrazone groups is 1. The van der Waals surface area contributed by atoms with Gasteiger partial charge in [0.15, 0.2) is 0 Å². The number of hydrogen-bond donors (Lipinski definition) is 1. The fourth-order valence-electron chi connectivity index (χ4n) is 2.77. The largest absolute Gasteiger partial charge is 0.497 e. The molecule has 0 bridgehead atoms. The van der Waals surface area contributed by atoms with E-state index < -0.39 is 15.8 Å². The van der Waals surface area contributed by atoms with Crippen molar-refractivity contribution in [3.05, 3.63) is 48.0 Å². The van der Waals surface area contributed by atoms with Crippen LogP contribution in [0.25, 0.3) is 0 Å². The van der Waals surface area contributed by atoms with Crippen LogP contribution >= 0.6 is 0 Å². The van der Waals surface area contributed by atoms with Crippen LogP contribution in [0.5, 0.6) is 17.2 Å². The van der Waals surface area contributed by atoms with Gasteiger partial charge in [0.1, 0.15) is 22.1 Å². The van der Waals surface area contributed by atoms with E-state index in [0.717, 1.165) is 31.9 Å². The van der Waals surface area contributed by atoms with E-state index in [4.69, 9.17) is 14.2 Å². The van der Waals surface area contributed by atoms with Crippen LogP contribution in [0.3, 0.4) is 0 Å². The number of rotatable bonds is 13. The van der Waals surface area contributed by atoms with Gasteiger partial charge in [-0.1, -0.05) is 38.3 Å². The van der Waals surface area contributed by atoms with Crippen molar-refractivity contribution in [1.29, 1.82) is 0 Å². The molecule has 1 N–H and O–H groups in total. The van der Waals surface area contributed by atoms with Crippen LogP contribution in [-0.2, 0) is 10.0 Å². The summed E-state index contributed by atoms with van der Waals surface area (Å²) < 4.78 is 41.1. The number of nitrogens with zero attached hydrogens (tertiary/aromatic N) is 1. The number of carbonyl (C=O) groups excluding carboxylic acids is 1. The Morgan fingerprint density at radius 3 is 2.52 bits per heavy atom. The lowest BCUT2D eigenvalue weighted by molar-refractivity contribution is 0.106. The van der Waals surface area contributed by atoms with Crippen molar-refractivity contribution in [3.63, 3.8) is 0 Å². The number of Topliss-reactive ketones (excluding diaryl/α,β-unsaturated/α-hetero) is 1. The molecule has 0 heterocycles. The fraction of sp³-hybridized carbons (Fsp3) is 0.364. The number of methoxy groups -OCH3 is 2. The molecule has 2 aromatic rings. The van der Waals surface area contributed by atoms with Gasteiger partial charge < -0.3 is 14.2 Å². The van der Waals surface area contributed by atoms with E-state index in [1.165, 1.54) is 26.4 Å². The summed E-state index contributed by atoms with van der Waals surface area (Å²) in [5.74, 6) is 0.417. The molecule has 0 aliphatic carbocycles. The summed E-state index contributed by atoms with van der Waals surface area (Å²) >= 11 is 0. The molecule has 0 fully saturated rings. The Bertz CT molecular complexity index is 1000. The van der Waals surface area contributed by atoms with E-state index in [1.54, 1.807) is 30.3 Å². The maximum atomic E-state index is 12.6. The molecule has 2 aromatic carbocycles. The summed E-state index contributed by atoms with van der Waals surface area (Å²) in [7, 11) is -1.31. The smallest absolute Gasteiger partial charge is 0.280 e. The lowest BCUT2D eigenvalue weighted by Gasteiger charge is -2.11. The molecule has 2 rings (SSSR count). The van der Waals surface area contributed by atoms with Gasteiger partial charge >= 0.3 is 0 Å². The van der Waals surface area contributed by atoms with Gasteiger partial charge in [0, 0.05) is 6.07 Å². The maximum absolute atomic E-state index is 12.6. The van der Waals surface area contributed by atoms with Crippen LogP contribution < -0.4 is 19.0 Å². The summed E-state index contributed by atoms with van der Waals surface area (Å²) in [4.78, 5) is 14.4. The van der Waals surface area contributed by atoms with E-state index in [0.29, 0.717) is 23.7 Å². The second kappa shape index (κ2) is 11.9. The number of para-hydroxylation sites is 1. The number of hydrogen-bond acceptors (Lipinski definition) is 7. The molecule has 0 saturated heterocycles. The SMILES string of the molecule is CCCCCCOc1ccccc1C(=O)/C=N/NS(=O)(=O)c1cc(OC)ccc1OC. The number of nitrogens with one attached hydrogen (secondary N) is 1. The van der Waals surface area contributed by atoms with Crippen LogP contribution in [-0.4, -0.2) is 41.2 Å². The first kappa shape index (κ1) is 24.2. The van der Waals surface area contributed by atoms with Gasteiger partial charge in [0.2, 0.25) is 5.78 Å². The molecule has 0 spiro atoms. The second-order valence-electron chi connectivity index (χ2n) is 6.64. The average Bonchev–Trinajstić information content (AvgIpc) is 2.78. The molecule has 0 radical (unpaired) electrons. The summed E-state index contributed by atoms with van der Waals surface area (Å²) in [5.41, 5.74) is 0.305. The van der Waals surface area contributed by atoms with Gasteiger partial charge in [-0.3, -0.25) is 4.79 Å². The van der Waals surface area contributed by atoms with E-state index in [1.807, 2.05) is 4.83 Å². The molecule has 8 nitrogen and oxygen atoms in total. The van der Waals surface area contributed by atoms with Gasteiger partial charge in [0.25, 0.3) is 10.0 Å². The molecule has 0 aromatic heterocycles. The molecule has 9 heteroatoms. The minimum Gasteiger partial charge on any atom is -0.497 e. The highest BCUT2D eigenvalue weighted by molar-refractivity contribution is 7.89. The molecule has 168 valence electrons. The minimum atomic E-state index is -4.08. The van der Waals surface area contributed by atoms with E-state index in [9.17, 15) is 13.2 Å². The van der Waals surface area contributed by atoms with Gasteiger partial charge in [-0.05, 0) is 30.7 Å². The van der Waals surface area contributed by atoms with Gasteiger partial charge in [-0.15, -0.1) is 0 Å². The Labute approximate surface area is 183 Å². The molecule has 0 amide bonds. The van der Waals surface area contributed by atoms with Crippen LogP contribution in [0.1, 0.15) is 43.0 Å². The Morgan fingerprint density at radius 1 is 1.03 bits per heavy atom. The van der Waals surface area contributed by atoms with E-state index >= 15 is 0 Å². The molecule has 0 aliphatic heterocycles. The number of sulfonamides is 1. The first-order valence-corrected chi connectivity index (χ1v) is 11.4. The van der Waals surface area contributed by atoms with Crippen molar-refractivity contribution in [2.24, 2.45) is 5.10 Å². The normalized spacial score (nSPS) is 11.3. The summed E-state index contributed by atoms with van der Waals surface area (Å²) in [6.45, 7) is 2.64.